The number of tetrazole rings is 1. The van der Waals surface area contributed by atoms with Crippen molar-refractivity contribution in [3.63, 3.8) is 0 Å². The molecule has 0 saturated heterocycles. The van der Waals surface area contributed by atoms with Crippen LogP contribution in [0.25, 0.3) is 5.57 Å². The topological polar surface area (TPSA) is 109 Å². The Balaban J connectivity index is 1.57. The summed E-state index contributed by atoms with van der Waals surface area (Å²) in [6.07, 6.45) is 1.53. The molecular formula is C17H12N6O2. The predicted octanol–water partition coefficient (Wildman–Crippen LogP) is 2.86. The van der Waals surface area contributed by atoms with Gasteiger partial charge >= 0.3 is 0 Å². The van der Waals surface area contributed by atoms with Crippen LogP contribution < -0.4 is 14.8 Å². The number of aromatic amines is 1. The molecule has 0 atom stereocenters. The molecule has 0 bridgehead atoms. The van der Waals surface area contributed by atoms with E-state index in [4.69, 9.17) is 9.47 Å². The third-order valence-corrected chi connectivity index (χ3v) is 3.60. The van der Waals surface area contributed by atoms with Crippen LogP contribution in [0.15, 0.2) is 48.7 Å². The Bertz CT molecular complexity index is 975. The van der Waals surface area contributed by atoms with Gasteiger partial charge in [0, 0.05) is 17.5 Å². The van der Waals surface area contributed by atoms with Crippen LogP contribution in [0.4, 0.5) is 5.69 Å². The Labute approximate surface area is 142 Å². The second-order valence-electron chi connectivity index (χ2n) is 5.21. The Morgan fingerprint density at radius 3 is 2.88 bits per heavy atom. The summed E-state index contributed by atoms with van der Waals surface area (Å²) in [6.45, 7) is 0.390. The summed E-state index contributed by atoms with van der Waals surface area (Å²) in [7, 11) is 0. The highest BCUT2D eigenvalue weighted by molar-refractivity contribution is 5.74. The van der Waals surface area contributed by atoms with Crippen LogP contribution in [0, 0.1) is 11.3 Å². The smallest absolute Gasteiger partial charge is 0.216 e. The van der Waals surface area contributed by atoms with Gasteiger partial charge in [0.25, 0.3) is 0 Å². The zero-order valence-corrected chi connectivity index (χ0v) is 12.9. The first kappa shape index (κ1) is 14.7. The average molecular weight is 332 g/mol. The van der Waals surface area contributed by atoms with Gasteiger partial charge in [0.1, 0.15) is 24.0 Å². The number of aromatic nitrogens is 4. The first-order valence-electron chi connectivity index (χ1n) is 7.47. The second kappa shape index (κ2) is 6.33. The van der Waals surface area contributed by atoms with Gasteiger partial charge < -0.3 is 14.8 Å². The number of ether oxygens (including phenoxy) is 2. The lowest BCUT2D eigenvalue weighted by Crippen LogP contribution is -1.97. The standard InChI is InChI=1S/C17H12N6O2/c18-8-12(17-20-22-23-21-17)9-19-13-5-6-14-11(7-13)10-24-15-3-1-2-4-16(15)25-14/h1-7,9,19H,10H2,(H,20,21,22,23). The molecular weight excluding hydrogens is 320 g/mol. The highest BCUT2D eigenvalue weighted by atomic mass is 16.5. The van der Waals surface area contributed by atoms with Gasteiger partial charge in [-0.05, 0) is 35.5 Å². The van der Waals surface area contributed by atoms with Crippen LogP contribution in [0.2, 0.25) is 0 Å². The van der Waals surface area contributed by atoms with E-state index in [1.54, 1.807) is 0 Å². The van der Waals surface area contributed by atoms with Gasteiger partial charge in [-0.1, -0.05) is 12.1 Å². The molecule has 4 rings (SSSR count). The third kappa shape index (κ3) is 2.98. The zero-order valence-electron chi connectivity index (χ0n) is 12.9. The van der Waals surface area contributed by atoms with Gasteiger partial charge in [-0.2, -0.15) is 10.5 Å². The summed E-state index contributed by atoms with van der Waals surface area (Å²) in [4.78, 5) is 0. The fourth-order valence-corrected chi connectivity index (χ4v) is 2.39. The number of benzene rings is 2. The molecule has 25 heavy (non-hydrogen) atoms. The van der Waals surface area contributed by atoms with E-state index in [9.17, 15) is 5.26 Å². The molecule has 3 aromatic rings. The van der Waals surface area contributed by atoms with Crippen molar-refractivity contribution in [3.8, 4) is 23.3 Å². The van der Waals surface area contributed by atoms with Crippen molar-refractivity contribution in [3.05, 3.63) is 60.1 Å². The molecule has 0 radical (unpaired) electrons. The monoisotopic (exact) mass is 332 g/mol. The van der Waals surface area contributed by atoms with Crippen LogP contribution in [-0.2, 0) is 6.61 Å². The van der Waals surface area contributed by atoms with Crippen molar-refractivity contribution < 1.29 is 9.47 Å². The maximum Gasteiger partial charge on any atom is 0.216 e. The summed E-state index contributed by atoms with van der Waals surface area (Å²) in [5.74, 6) is 2.35. The average Bonchev–Trinajstić information content (AvgIpc) is 3.10. The molecule has 1 aliphatic rings. The molecule has 0 saturated carbocycles. The number of nitrogens with zero attached hydrogens (tertiary/aromatic N) is 4. The molecule has 8 nitrogen and oxygen atoms in total. The van der Waals surface area contributed by atoms with Gasteiger partial charge in [-0.25, -0.2) is 0 Å². The van der Waals surface area contributed by atoms with E-state index in [-0.39, 0.29) is 11.4 Å². The number of nitrogens with one attached hydrogen (secondary N) is 2. The van der Waals surface area contributed by atoms with Crippen LogP contribution >= 0.6 is 0 Å². The Hall–Kier alpha value is -3.86. The van der Waals surface area contributed by atoms with Gasteiger partial charge in [0.15, 0.2) is 11.5 Å². The fraction of sp³-hybridized carbons (Fsp3) is 0.0588. The summed E-state index contributed by atoms with van der Waals surface area (Å²) in [5, 5.41) is 25.6. The summed E-state index contributed by atoms with van der Waals surface area (Å²) in [5.41, 5.74) is 1.95. The largest absolute Gasteiger partial charge is 0.485 e. The minimum atomic E-state index is 0.229. The number of anilines is 1. The molecule has 0 aliphatic carbocycles. The van der Waals surface area contributed by atoms with E-state index >= 15 is 0 Å². The van der Waals surface area contributed by atoms with Gasteiger partial charge in [-0.3, -0.25) is 0 Å². The number of para-hydroxylation sites is 2. The highest BCUT2D eigenvalue weighted by Gasteiger charge is 2.15. The van der Waals surface area contributed by atoms with Crippen molar-refractivity contribution in [2.75, 3.05) is 5.32 Å². The molecule has 0 spiro atoms. The lowest BCUT2D eigenvalue weighted by atomic mass is 10.2. The molecule has 8 heteroatoms. The Kier molecular flexibility index (Phi) is 3.73. The maximum absolute atomic E-state index is 9.19. The number of allylic oxidation sites excluding steroid dienone is 1. The normalized spacial score (nSPS) is 12.7. The quantitative estimate of drug-likeness (QED) is 0.710. The second-order valence-corrected chi connectivity index (χ2v) is 5.21. The summed E-state index contributed by atoms with van der Waals surface area (Å²) < 4.78 is 11.7. The first-order chi connectivity index (χ1) is 12.3. The van der Waals surface area contributed by atoms with Crippen molar-refractivity contribution in [1.29, 1.82) is 5.26 Å². The molecule has 1 aromatic heterocycles. The van der Waals surface area contributed by atoms with Gasteiger partial charge in [0.2, 0.25) is 5.82 Å². The van der Waals surface area contributed by atoms with E-state index in [1.165, 1.54) is 6.20 Å². The Morgan fingerprint density at radius 2 is 2.08 bits per heavy atom. The molecule has 1 aliphatic heterocycles. The molecule has 2 aromatic carbocycles. The number of nitriles is 1. The Morgan fingerprint density at radius 1 is 1.20 bits per heavy atom. The molecule has 0 amide bonds. The van der Waals surface area contributed by atoms with Crippen molar-refractivity contribution in [2.45, 2.75) is 6.61 Å². The number of hydrogen-bond acceptors (Lipinski definition) is 7. The molecule has 0 fully saturated rings. The summed E-state index contributed by atoms with van der Waals surface area (Å²) >= 11 is 0. The van der Waals surface area contributed by atoms with E-state index < -0.39 is 0 Å². The number of H-pyrrole nitrogens is 1. The van der Waals surface area contributed by atoms with Gasteiger partial charge in [0.05, 0.1) is 0 Å². The maximum atomic E-state index is 9.19. The number of fused-ring (bicyclic) bond motifs is 2. The molecule has 2 N–H and O–H groups in total. The van der Waals surface area contributed by atoms with Crippen LogP contribution in [0.5, 0.6) is 17.2 Å². The van der Waals surface area contributed by atoms with E-state index in [2.05, 4.69) is 25.9 Å². The van der Waals surface area contributed by atoms with Crippen LogP contribution in [-0.4, -0.2) is 20.6 Å². The zero-order chi connectivity index (χ0) is 17.1. The molecule has 2 heterocycles. The minimum absolute atomic E-state index is 0.229. The number of rotatable bonds is 3. The molecule has 122 valence electrons. The highest BCUT2D eigenvalue weighted by Crippen LogP contribution is 2.37. The van der Waals surface area contributed by atoms with Crippen molar-refractivity contribution >= 4 is 11.3 Å². The predicted molar refractivity (Wildman–Crippen MR) is 88.7 cm³/mol. The van der Waals surface area contributed by atoms with Crippen LogP contribution in [0.3, 0.4) is 0 Å². The number of hydrogen-bond donors (Lipinski definition) is 2. The van der Waals surface area contributed by atoms with E-state index in [1.807, 2.05) is 48.5 Å². The van der Waals surface area contributed by atoms with E-state index in [0.717, 1.165) is 17.0 Å². The van der Waals surface area contributed by atoms with Crippen LogP contribution in [0.1, 0.15) is 11.4 Å². The third-order valence-electron chi connectivity index (χ3n) is 3.60. The van der Waals surface area contributed by atoms with Crippen molar-refractivity contribution in [2.24, 2.45) is 0 Å². The van der Waals surface area contributed by atoms with E-state index in [0.29, 0.717) is 18.1 Å². The molecule has 0 unspecified atom stereocenters. The van der Waals surface area contributed by atoms with Crippen molar-refractivity contribution in [1.82, 2.24) is 20.6 Å². The fourth-order valence-electron chi connectivity index (χ4n) is 2.39. The minimum Gasteiger partial charge on any atom is -0.485 e. The lowest BCUT2D eigenvalue weighted by molar-refractivity contribution is 0.307. The summed E-state index contributed by atoms with van der Waals surface area (Å²) in [6, 6.07) is 15.2. The SMILES string of the molecule is N#CC(=CNc1ccc2c(c1)COc1ccccc1O2)c1nn[nH]n1. The lowest BCUT2D eigenvalue weighted by Gasteiger charge is -2.08. The van der Waals surface area contributed by atoms with Gasteiger partial charge in [-0.15, -0.1) is 10.2 Å². The first-order valence-corrected chi connectivity index (χ1v) is 7.47.